The maximum Gasteiger partial charge on any atom is 0.585 e. The number of carboxylic acids is 1. The number of nitrogens with zero attached hydrogens (tertiary/aromatic N) is 3. The summed E-state index contributed by atoms with van der Waals surface area (Å²) in [5.41, 5.74) is -1.70. The van der Waals surface area contributed by atoms with Crippen LogP contribution in [0.4, 0.5) is 26.3 Å². The molecule has 15 nitrogen and oxygen atoms in total. The second-order valence-corrected chi connectivity index (χ2v) is 9.29. The van der Waals surface area contributed by atoms with Gasteiger partial charge in [0.1, 0.15) is 36.7 Å². The Morgan fingerprint density at radius 2 is 1.74 bits per heavy atom. The maximum atomic E-state index is 13.0. The summed E-state index contributed by atoms with van der Waals surface area (Å²) in [6, 6.07) is 0.949. The number of rotatable bonds is 6. The number of carbonyl (C=O) groups is 2. The smallest absolute Gasteiger partial charge is 0.542 e. The number of carboxylic acid groups (broad SMARTS) is 1. The maximum absolute atomic E-state index is 13.0. The Bertz CT molecular complexity index is 1350. The molecule has 39 heavy (non-hydrogen) atoms. The Morgan fingerprint density at radius 3 is 2.21 bits per heavy atom. The van der Waals surface area contributed by atoms with E-state index in [9.17, 15) is 55.5 Å². The summed E-state index contributed by atoms with van der Waals surface area (Å²) in [6.07, 6.45) is -12.8. The number of nitrogens with one attached hydrogen (secondary N) is 1. The minimum atomic E-state index is -5.47. The average molecular weight is 598 g/mol. The summed E-state index contributed by atoms with van der Waals surface area (Å²) in [5, 5.41) is 29.2. The lowest BCUT2D eigenvalue weighted by molar-refractivity contribution is -0.670. The lowest BCUT2D eigenvalue weighted by Gasteiger charge is -2.18. The number of hydrogen-bond donors (Lipinski definition) is 3. The lowest BCUT2D eigenvalue weighted by Crippen LogP contribution is -2.37. The van der Waals surface area contributed by atoms with Crippen molar-refractivity contribution < 1.29 is 74.2 Å². The molecule has 1 unspecified atom stereocenters. The van der Waals surface area contributed by atoms with Crippen molar-refractivity contribution in [1.29, 1.82) is 0 Å². The molecule has 1 aliphatic heterocycles. The molecule has 3 rings (SSSR count). The van der Waals surface area contributed by atoms with E-state index < -0.39 is 74.4 Å². The molecule has 0 radical (unpaired) electrons. The van der Waals surface area contributed by atoms with Crippen molar-refractivity contribution in [2.24, 2.45) is 7.05 Å². The number of aliphatic hydroxyl groups excluding tert-OH is 2. The predicted octanol–water partition coefficient (Wildman–Crippen LogP) is -2.14. The third-order valence-corrected chi connectivity index (χ3v) is 6.24. The molecule has 1 aliphatic rings. The van der Waals surface area contributed by atoms with Crippen LogP contribution in [-0.2, 0) is 35.0 Å². The summed E-state index contributed by atoms with van der Waals surface area (Å²) in [4.78, 5) is 45.0. The Labute approximate surface area is 211 Å². The van der Waals surface area contributed by atoms with Crippen LogP contribution in [0.3, 0.4) is 0 Å². The Morgan fingerprint density at radius 1 is 1.15 bits per heavy atom. The summed E-state index contributed by atoms with van der Waals surface area (Å²) in [7, 11) is -3.53. The van der Waals surface area contributed by atoms with Crippen molar-refractivity contribution in [3.05, 3.63) is 51.8 Å². The largest absolute Gasteiger partial charge is 0.585 e. The van der Waals surface area contributed by atoms with E-state index >= 15 is 0 Å². The fourth-order valence-corrected chi connectivity index (χ4v) is 4.21. The second kappa shape index (κ2) is 11.7. The van der Waals surface area contributed by atoms with Crippen molar-refractivity contribution in [2.75, 3.05) is 6.61 Å². The zero-order valence-electron chi connectivity index (χ0n) is 19.0. The minimum Gasteiger partial charge on any atom is -0.542 e. The molecule has 2 aromatic rings. The van der Waals surface area contributed by atoms with Gasteiger partial charge in [-0.3, -0.25) is 18.9 Å². The summed E-state index contributed by atoms with van der Waals surface area (Å²) in [5.74, 6) is -5.78. The third-order valence-electron chi connectivity index (χ3n) is 4.56. The molecule has 218 valence electrons. The van der Waals surface area contributed by atoms with Crippen molar-refractivity contribution in [1.82, 2.24) is 13.9 Å². The van der Waals surface area contributed by atoms with Crippen molar-refractivity contribution >= 4 is 19.7 Å². The van der Waals surface area contributed by atoms with Crippen LogP contribution < -0.4 is 20.9 Å². The lowest BCUT2D eigenvalue weighted by atomic mass is 10.1. The first-order valence-electron chi connectivity index (χ1n) is 9.97. The predicted molar refractivity (Wildman–Crippen MR) is 105 cm³/mol. The van der Waals surface area contributed by atoms with Crippen LogP contribution in [0.15, 0.2) is 40.6 Å². The number of alkyl halides is 6. The fourth-order valence-electron chi connectivity index (χ4n) is 2.77. The number of aromatic amines is 1. The quantitative estimate of drug-likeness (QED) is 0.186. The normalized spacial score (nSPS) is 22.9. The highest BCUT2D eigenvalue weighted by molar-refractivity contribution is 7.52. The van der Waals surface area contributed by atoms with E-state index in [1.54, 1.807) is 0 Å². The van der Waals surface area contributed by atoms with Gasteiger partial charge in [-0.2, -0.15) is 26.3 Å². The summed E-state index contributed by atoms with van der Waals surface area (Å²) < 4.78 is 99.4. The number of halogens is 6. The minimum absolute atomic E-state index is 0.596. The van der Waals surface area contributed by atoms with Crippen LogP contribution in [0.2, 0.25) is 0 Å². The molecule has 0 bridgehead atoms. The molecule has 1 fully saturated rings. The molecule has 0 amide bonds. The molecular formula is C17H17F6N4O11P. The van der Waals surface area contributed by atoms with Crippen molar-refractivity contribution in [3.63, 3.8) is 0 Å². The van der Waals surface area contributed by atoms with Gasteiger partial charge in [0.15, 0.2) is 6.23 Å². The molecule has 3 heterocycles. The fraction of sp³-hybridized carbons (Fsp3) is 0.471. The molecule has 0 spiro atoms. The zero-order valence-corrected chi connectivity index (χ0v) is 19.9. The highest BCUT2D eigenvalue weighted by Crippen LogP contribution is 2.51. The van der Waals surface area contributed by atoms with Gasteiger partial charge in [-0.15, -0.1) is 4.34 Å². The summed E-state index contributed by atoms with van der Waals surface area (Å²) >= 11 is 0. The van der Waals surface area contributed by atoms with Crippen LogP contribution in [0, 0.1) is 0 Å². The molecule has 0 aromatic carbocycles. The number of imidazole rings is 1. The molecule has 2 aromatic heterocycles. The van der Waals surface area contributed by atoms with Crippen LogP contribution >= 0.6 is 7.75 Å². The number of aryl methyl sites for hydroxylation is 1. The standard InChI is InChI=1S/C15H16F3N4O9P.C2HF3O2/c1-20-4-5-21(7-20)32(28,31-13(26)15(16,17)18)29-6-8-10(24)11(25)12(30-8)22-3-2-9(23)19-14(22)27;3-2(4,5)1(6)7/h2-5,7-8,10-12,24-25H,6H2,1H3;(H,6,7)/t8-,10-,11-,12-,32?;/m1./s1. The second-order valence-electron chi connectivity index (χ2n) is 7.45. The number of ether oxygens (including phenoxy) is 1. The van der Waals surface area contributed by atoms with E-state index in [0.29, 0.717) is 4.34 Å². The van der Waals surface area contributed by atoms with Gasteiger partial charge < -0.3 is 29.4 Å². The van der Waals surface area contributed by atoms with Crippen LogP contribution in [0.1, 0.15) is 6.23 Å². The first-order chi connectivity index (χ1) is 17.8. The summed E-state index contributed by atoms with van der Waals surface area (Å²) in [6.45, 7) is -0.906. The number of hydrogen-bond acceptors (Lipinski definition) is 11. The van der Waals surface area contributed by atoms with Crippen molar-refractivity contribution in [3.8, 4) is 0 Å². The number of H-pyrrole nitrogens is 1. The van der Waals surface area contributed by atoms with Gasteiger partial charge >= 0.3 is 31.8 Å². The van der Waals surface area contributed by atoms with Crippen molar-refractivity contribution in [2.45, 2.75) is 36.9 Å². The van der Waals surface area contributed by atoms with Gasteiger partial charge in [-0.1, -0.05) is 0 Å². The van der Waals surface area contributed by atoms with Crippen LogP contribution in [0.5, 0.6) is 0 Å². The highest BCUT2D eigenvalue weighted by Gasteiger charge is 2.51. The number of aliphatic hydroxyl groups is 2. The van der Waals surface area contributed by atoms with E-state index in [2.05, 4.69) is 4.52 Å². The first kappa shape index (κ1) is 31.7. The van der Waals surface area contributed by atoms with Gasteiger partial charge in [-0.05, 0) is 0 Å². The van der Waals surface area contributed by atoms with Gasteiger partial charge in [0, 0.05) is 12.3 Å². The van der Waals surface area contributed by atoms with E-state index in [4.69, 9.17) is 19.2 Å². The molecule has 22 heteroatoms. The van der Waals surface area contributed by atoms with E-state index in [-0.39, 0.29) is 0 Å². The molecule has 0 saturated carbocycles. The third kappa shape index (κ3) is 7.99. The average Bonchev–Trinajstić information content (AvgIpc) is 3.36. The SMILES string of the molecule is C[n+]1ccn(P(=O)(OC[C@H]2O[C@@H](n3ccc(=O)[nH]c3=O)[C@H](O)[C@@H]2O)OC(=O)C(F)(F)F)c1.O=C([O-])C(F)(F)F. The topological polar surface area (TPSA) is 206 Å². The van der Waals surface area contributed by atoms with Gasteiger partial charge in [0.05, 0.1) is 13.7 Å². The zero-order chi connectivity index (χ0) is 29.9. The molecule has 5 atom stereocenters. The number of carbonyl (C=O) groups excluding carboxylic acids is 2. The Kier molecular flexibility index (Phi) is 9.51. The van der Waals surface area contributed by atoms with E-state index in [1.807, 2.05) is 4.98 Å². The number of aromatic nitrogens is 4. The molecule has 3 N–H and O–H groups in total. The van der Waals surface area contributed by atoms with Gasteiger partial charge in [-0.25, -0.2) is 18.7 Å². The highest BCUT2D eigenvalue weighted by atomic mass is 31.2. The van der Waals surface area contributed by atoms with Crippen LogP contribution in [-0.4, -0.2) is 73.3 Å². The molecule has 0 aliphatic carbocycles. The van der Waals surface area contributed by atoms with Crippen LogP contribution in [0.25, 0.3) is 0 Å². The Hall–Kier alpha value is -3.52. The molecular weight excluding hydrogens is 581 g/mol. The number of aliphatic carboxylic acids is 1. The van der Waals surface area contributed by atoms with E-state index in [0.717, 1.165) is 29.4 Å². The van der Waals surface area contributed by atoms with E-state index in [1.165, 1.54) is 17.8 Å². The first-order valence-corrected chi connectivity index (χ1v) is 11.5. The Balaban J connectivity index is 0.000000673. The molecule has 1 saturated heterocycles. The van der Waals surface area contributed by atoms with Gasteiger partial charge in [0.25, 0.3) is 11.9 Å². The van der Waals surface area contributed by atoms with Gasteiger partial charge in [0.2, 0.25) is 0 Å². The monoisotopic (exact) mass is 598 g/mol.